The van der Waals surface area contributed by atoms with Crippen molar-refractivity contribution in [2.75, 3.05) is 12.3 Å². The van der Waals surface area contributed by atoms with Gasteiger partial charge in [-0.2, -0.15) is 4.98 Å². The second-order valence-corrected chi connectivity index (χ2v) is 6.76. The average Bonchev–Trinajstić information content (AvgIpc) is 2.95. The smallest absolute Gasteiger partial charge is 0.351 e. The molecule has 1 aliphatic heterocycles. The third-order valence-corrected chi connectivity index (χ3v) is 4.86. The molecule has 8 heteroatoms. The monoisotopic (exact) mass is 375 g/mol. The van der Waals surface area contributed by atoms with Crippen LogP contribution in [0, 0.1) is 0 Å². The summed E-state index contributed by atoms with van der Waals surface area (Å²) in [5.74, 6) is 0.155. The van der Waals surface area contributed by atoms with Gasteiger partial charge in [0.25, 0.3) is 0 Å². The van der Waals surface area contributed by atoms with E-state index >= 15 is 0 Å². The number of rotatable bonds is 7. The largest absolute Gasteiger partial charge is 0.394 e. The molecule has 1 aromatic heterocycles. The molecule has 0 spiro atoms. The van der Waals surface area contributed by atoms with Gasteiger partial charge in [0.2, 0.25) is 0 Å². The van der Waals surface area contributed by atoms with E-state index in [0.29, 0.717) is 12.0 Å². The van der Waals surface area contributed by atoms with Crippen molar-refractivity contribution < 1.29 is 20.1 Å². The van der Waals surface area contributed by atoms with E-state index in [1.807, 2.05) is 18.2 Å². The third-order valence-electron chi connectivity index (χ3n) is 4.86. The Morgan fingerprint density at radius 3 is 2.48 bits per heavy atom. The molecule has 5 N–H and O–H groups in total. The number of hydrogen-bond donors (Lipinski definition) is 4. The topological polar surface area (TPSA) is 131 Å². The quantitative estimate of drug-likeness (QED) is 0.501. The molecule has 3 rings (SSSR count). The fourth-order valence-corrected chi connectivity index (χ4v) is 3.30. The van der Waals surface area contributed by atoms with E-state index in [-0.39, 0.29) is 5.82 Å². The number of nitrogens with zero attached hydrogens (tertiary/aromatic N) is 2. The summed E-state index contributed by atoms with van der Waals surface area (Å²) < 4.78 is 6.54. The predicted octanol–water partition coefficient (Wildman–Crippen LogP) is 0.00240. The molecule has 0 radical (unpaired) electrons. The lowest BCUT2D eigenvalue weighted by Gasteiger charge is -2.18. The van der Waals surface area contributed by atoms with Gasteiger partial charge in [0.05, 0.1) is 6.61 Å². The Bertz CT molecular complexity index is 811. The van der Waals surface area contributed by atoms with E-state index in [0.717, 1.165) is 23.8 Å². The van der Waals surface area contributed by atoms with Gasteiger partial charge in [-0.05, 0) is 31.2 Å². The molecule has 1 aromatic carbocycles. The van der Waals surface area contributed by atoms with Gasteiger partial charge in [-0.1, -0.05) is 30.3 Å². The summed E-state index contributed by atoms with van der Waals surface area (Å²) in [6.45, 7) is -0.460. The van der Waals surface area contributed by atoms with Gasteiger partial charge in [-0.25, -0.2) is 4.79 Å². The Morgan fingerprint density at radius 2 is 1.81 bits per heavy atom. The molecular weight excluding hydrogens is 350 g/mol. The summed E-state index contributed by atoms with van der Waals surface area (Å²) in [5.41, 5.74) is 7.15. The highest BCUT2D eigenvalue weighted by Crippen LogP contribution is 2.28. The number of aliphatic hydroxyl groups excluding tert-OH is 3. The van der Waals surface area contributed by atoms with Gasteiger partial charge in [0.15, 0.2) is 6.23 Å². The van der Waals surface area contributed by atoms with Crippen LogP contribution in [0.4, 0.5) is 5.82 Å². The molecule has 146 valence electrons. The molecular formula is C19H25N3O5. The summed E-state index contributed by atoms with van der Waals surface area (Å²) in [4.78, 5) is 16.0. The van der Waals surface area contributed by atoms with Crippen LogP contribution in [-0.4, -0.2) is 49.8 Å². The van der Waals surface area contributed by atoms with Gasteiger partial charge < -0.3 is 25.8 Å². The SMILES string of the molecule is Nc1nc(=O)n([C@@H]2O[C@H](CO)[C@@H](O)[C@H]2O)cc1CCCCc1ccccc1. The number of hydrogen-bond acceptors (Lipinski definition) is 7. The first kappa shape index (κ1) is 19.5. The first-order valence-corrected chi connectivity index (χ1v) is 9.05. The minimum atomic E-state index is -1.34. The fourth-order valence-electron chi connectivity index (χ4n) is 3.30. The maximum absolute atomic E-state index is 12.2. The predicted molar refractivity (Wildman–Crippen MR) is 99.0 cm³/mol. The van der Waals surface area contributed by atoms with Crippen molar-refractivity contribution >= 4 is 5.82 Å². The lowest BCUT2D eigenvalue weighted by molar-refractivity contribution is -0.0550. The van der Waals surface area contributed by atoms with E-state index in [1.54, 1.807) is 0 Å². The van der Waals surface area contributed by atoms with E-state index in [2.05, 4.69) is 17.1 Å². The lowest BCUT2D eigenvalue weighted by atomic mass is 10.0. The molecule has 0 aliphatic carbocycles. The molecule has 2 aromatic rings. The van der Waals surface area contributed by atoms with Crippen LogP contribution in [0.15, 0.2) is 41.3 Å². The van der Waals surface area contributed by atoms with Gasteiger partial charge in [-0.15, -0.1) is 0 Å². The highest BCUT2D eigenvalue weighted by Gasteiger charge is 2.43. The molecule has 4 atom stereocenters. The standard InChI is InChI=1S/C19H25N3O5/c20-17-13(9-5-4-8-12-6-2-1-3-7-12)10-22(19(26)21-17)18-16(25)15(24)14(11-23)27-18/h1-3,6-7,10,14-16,18,23-25H,4-5,8-9,11H2,(H2,20,21,26)/t14-,15-,16-,18-/m1/s1. The highest BCUT2D eigenvalue weighted by molar-refractivity contribution is 5.37. The van der Waals surface area contributed by atoms with Crippen LogP contribution >= 0.6 is 0 Å². The van der Waals surface area contributed by atoms with Crippen LogP contribution in [0.25, 0.3) is 0 Å². The number of nitrogen functional groups attached to an aromatic ring is 1. The molecule has 27 heavy (non-hydrogen) atoms. The van der Waals surface area contributed by atoms with Crippen LogP contribution in [-0.2, 0) is 17.6 Å². The second kappa shape index (κ2) is 8.62. The summed E-state index contributed by atoms with van der Waals surface area (Å²) in [6, 6.07) is 10.2. The summed E-state index contributed by atoms with van der Waals surface area (Å²) in [7, 11) is 0. The van der Waals surface area contributed by atoms with Gasteiger partial charge in [0.1, 0.15) is 24.1 Å². The zero-order chi connectivity index (χ0) is 19.4. The Kier molecular flexibility index (Phi) is 6.22. The Hall–Kier alpha value is -2.26. The van der Waals surface area contributed by atoms with Crippen LogP contribution in [0.5, 0.6) is 0 Å². The Labute approximate surface area is 156 Å². The number of ether oxygens (including phenoxy) is 1. The fraction of sp³-hybridized carbons (Fsp3) is 0.474. The number of aryl methyl sites for hydroxylation is 2. The van der Waals surface area contributed by atoms with E-state index in [9.17, 15) is 20.1 Å². The zero-order valence-corrected chi connectivity index (χ0v) is 14.9. The van der Waals surface area contributed by atoms with Crippen molar-refractivity contribution in [3.8, 4) is 0 Å². The molecule has 0 saturated carbocycles. The number of anilines is 1. The van der Waals surface area contributed by atoms with Crippen LogP contribution in [0.3, 0.4) is 0 Å². The van der Waals surface area contributed by atoms with Crippen molar-refractivity contribution in [2.24, 2.45) is 0 Å². The van der Waals surface area contributed by atoms with Crippen LogP contribution < -0.4 is 11.4 Å². The van der Waals surface area contributed by atoms with E-state index in [4.69, 9.17) is 10.5 Å². The lowest BCUT2D eigenvalue weighted by Crippen LogP contribution is -2.36. The Morgan fingerprint density at radius 1 is 1.11 bits per heavy atom. The Balaban J connectivity index is 1.68. The molecule has 1 aliphatic rings. The zero-order valence-electron chi connectivity index (χ0n) is 14.9. The molecule has 8 nitrogen and oxygen atoms in total. The minimum absolute atomic E-state index is 0.155. The second-order valence-electron chi connectivity index (χ2n) is 6.76. The minimum Gasteiger partial charge on any atom is -0.394 e. The molecule has 0 unspecified atom stereocenters. The van der Waals surface area contributed by atoms with Crippen molar-refractivity contribution in [1.29, 1.82) is 0 Å². The normalized spacial score (nSPS) is 25.0. The van der Waals surface area contributed by atoms with E-state index in [1.165, 1.54) is 11.8 Å². The maximum Gasteiger partial charge on any atom is 0.351 e. The number of nitrogens with two attached hydrogens (primary N) is 1. The molecule has 1 fully saturated rings. The van der Waals surface area contributed by atoms with Gasteiger partial charge >= 0.3 is 5.69 Å². The van der Waals surface area contributed by atoms with Crippen molar-refractivity contribution in [3.05, 3.63) is 58.1 Å². The maximum atomic E-state index is 12.2. The number of benzene rings is 1. The number of aromatic nitrogens is 2. The van der Waals surface area contributed by atoms with Gasteiger partial charge in [-0.3, -0.25) is 4.57 Å². The molecule has 0 bridgehead atoms. The summed E-state index contributed by atoms with van der Waals surface area (Å²) in [5, 5.41) is 29.2. The first-order valence-electron chi connectivity index (χ1n) is 9.05. The van der Waals surface area contributed by atoms with Crippen LogP contribution in [0.2, 0.25) is 0 Å². The third kappa shape index (κ3) is 4.36. The van der Waals surface area contributed by atoms with E-state index < -0.39 is 36.8 Å². The molecule has 0 amide bonds. The number of unbranched alkanes of at least 4 members (excludes halogenated alkanes) is 1. The molecule has 2 heterocycles. The van der Waals surface area contributed by atoms with Crippen molar-refractivity contribution in [1.82, 2.24) is 9.55 Å². The highest BCUT2D eigenvalue weighted by atomic mass is 16.6. The summed E-state index contributed by atoms with van der Waals surface area (Å²) in [6.07, 6.45) is 0.224. The molecule has 1 saturated heterocycles. The first-order chi connectivity index (χ1) is 13.0. The average molecular weight is 375 g/mol. The van der Waals surface area contributed by atoms with Gasteiger partial charge in [0, 0.05) is 11.8 Å². The number of aliphatic hydroxyl groups is 3. The van der Waals surface area contributed by atoms with Crippen LogP contribution in [0.1, 0.15) is 30.2 Å². The van der Waals surface area contributed by atoms with Crippen molar-refractivity contribution in [2.45, 2.75) is 50.2 Å². The summed E-state index contributed by atoms with van der Waals surface area (Å²) >= 11 is 0. The van der Waals surface area contributed by atoms with Crippen molar-refractivity contribution in [3.63, 3.8) is 0 Å².